The van der Waals surface area contributed by atoms with E-state index in [9.17, 15) is 4.79 Å². The summed E-state index contributed by atoms with van der Waals surface area (Å²) in [5.41, 5.74) is 1.60. The van der Waals surface area contributed by atoms with Gasteiger partial charge in [0.15, 0.2) is 11.5 Å². The van der Waals surface area contributed by atoms with Crippen LogP contribution in [-0.4, -0.2) is 30.7 Å². The highest BCUT2D eigenvalue weighted by atomic mass is 35.5. The third kappa shape index (κ3) is 4.67. The minimum Gasteiger partial charge on any atom is -0.364 e. The van der Waals surface area contributed by atoms with E-state index in [4.69, 9.17) is 11.6 Å². The molecule has 0 aliphatic rings. The second kappa shape index (κ2) is 8.66. The van der Waals surface area contributed by atoms with Gasteiger partial charge in [-0.2, -0.15) is 4.52 Å². The number of rotatable bonds is 7. The van der Waals surface area contributed by atoms with Crippen LogP contribution >= 0.6 is 11.6 Å². The first kappa shape index (κ1) is 18.8. The molecule has 0 spiro atoms. The number of pyridine rings is 1. The number of aryl methyl sites for hydroxylation is 1. The number of carbonyl (C=O) groups is 1. The maximum Gasteiger partial charge on any atom is 0.225 e. The lowest BCUT2D eigenvalue weighted by Gasteiger charge is -2.08. The number of halogens is 1. The molecule has 29 heavy (non-hydrogen) atoms. The van der Waals surface area contributed by atoms with Crippen molar-refractivity contribution in [2.24, 2.45) is 0 Å². The molecule has 4 aromatic rings. The Kier molecular flexibility index (Phi) is 5.62. The smallest absolute Gasteiger partial charge is 0.225 e. The van der Waals surface area contributed by atoms with E-state index in [1.807, 2.05) is 42.5 Å². The normalized spacial score (nSPS) is 10.8. The maximum absolute atomic E-state index is 12.1. The molecule has 3 heterocycles. The number of nitrogens with zero attached hydrogens (tertiary/aromatic N) is 5. The van der Waals surface area contributed by atoms with Crippen LogP contribution in [0.4, 0.5) is 11.6 Å². The zero-order chi connectivity index (χ0) is 20.1. The Hall–Kier alpha value is -3.52. The molecular weight excluding hydrogens is 390 g/mol. The zero-order valence-electron chi connectivity index (χ0n) is 15.4. The molecule has 0 aliphatic heterocycles. The minimum absolute atomic E-state index is 0.145. The van der Waals surface area contributed by atoms with Gasteiger partial charge in [-0.25, -0.2) is 4.98 Å². The molecule has 8 nitrogen and oxygen atoms in total. The van der Waals surface area contributed by atoms with Crippen molar-refractivity contribution in [3.05, 3.63) is 77.2 Å². The Morgan fingerprint density at radius 2 is 1.86 bits per heavy atom. The van der Waals surface area contributed by atoms with Crippen LogP contribution in [0.5, 0.6) is 0 Å². The van der Waals surface area contributed by atoms with Crippen LogP contribution in [0, 0.1) is 0 Å². The summed E-state index contributed by atoms with van der Waals surface area (Å²) in [5, 5.41) is 19.5. The average Bonchev–Trinajstić information content (AvgIpc) is 3.15. The van der Waals surface area contributed by atoms with Gasteiger partial charge < -0.3 is 10.6 Å². The fraction of sp³-hybridized carbons (Fsp3) is 0.150. The molecule has 1 aromatic carbocycles. The van der Waals surface area contributed by atoms with E-state index in [0.717, 1.165) is 5.56 Å². The molecule has 0 fully saturated rings. The van der Waals surface area contributed by atoms with Gasteiger partial charge in [-0.3, -0.25) is 4.79 Å². The van der Waals surface area contributed by atoms with Gasteiger partial charge >= 0.3 is 0 Å². The topological polar surface area (TPSA) is 97.1 Å². The van der Waals surface area contributed by atoms with E-state index < -0.39 is 0 Å². The Labute approximate surface area is 172 Å². The molecule has 0 saturated carbocycles. The molecule has 0 saturated heterocycles. The molecule has 4 rings (SSSR count). The largest absolute Gasteiger partial charge is 0.364 e. The van der Waals surface area contributed by atoms with E-state index in [1.165, 1.54) is 0 Å². The molecule has 3 aromatic heterocycles. The van der Waals surface area contributed by atoms with Gasteiger partial charge in [0.2, 0.25) is 5.91 Å². The van der Waals surface area contributed by atoms with Gasteiger partial charge in [0.1, 0.15) is 11.6 Å². The van der Waals surface area contributed by atoms with Crippen LogP contribution in [0.25, 0.3) is 5.65 Å². The van der Waals surface area contributed by atoms with Crippen molar-refractivity contribution in [2.75, 3.05) is 10.6 Å². The van der Waals surface area contributed by atoms with Gasteiger partial charge in [-0.1, -0.05) is 35.9 Å². The SMILES string of the molecule is O=C(CCc1nnc2ccc(NCc3ccccc3Cl)nn12)Nc1ccccn1. The molecule has 146 valence electrons. The van der Waals surface area contributed by atoms with E-state index in [1.54, 1.807) is 22.8 Å². The Morgan fingerprint density at radius 1 is 1.00 bits per heavy atom. The first-order valence-electron chi connectivity index (χ1n) is 9.08. The summed E-state index contributed by atoms with van der Waals surface area (Å²) >= 11 is 6.19. The van der Waals surface area contributed by atoms with Crippen molar-refractivity contribution < 1.29 is 4.79 Å². The second-order valence-corrected chi connectivity index (χ2v) is 6.72. The number of aromatic nitrogens is 5. The Morgan fingerprint density at radius 3 is 2.69 bits per heavy atom. The maximum atomic E-state index is 12.1. The molecular formula is C20H18ClN7O. The number of benzene rings is 1. The first-order valence-corrected chi connectivity index (χ1v) is 9.46. The van der Waals surface area contributed by atoms with Crippen LogP contribution in [0.2, 0.25) is 5.02 Å². The number of hydrogen-bond donors (Lipinski definition) is 2. The summed E-state index contributed by atoms with van der Waals surface area (Å²) in [4.78, 5) is 16.2. The van der Waals surface area contributed by atoms with Crippen LogP contribution in [0.1, 0.15) is 17.8 Å². The van der Waals surface area contributed by atoms with Crippen molar-refractivity contribution in [1.29, 1.82) is 0 Å². The van der Waals surface area contributed by atoms with Crippen LogP contribution < -0.4 is 10.6 Å². The van der Waals surface area contributed by atoms with Gasteiger partial charge in [0.05, 0.1) is 0 Å². The number of anilines is 2. The fourth-order valence-electron chi connectivity index (χ4n) is 2.78. The molecule has 0 aliphatic carbocycles. The molecule has 0 radical (unpaired) electrons. The van der Waals surface area contributed by atoms with Gasteiger partial charge in [0.25, 0.3) is 0 Å². The molecule has 0 atom stereocenters. The standard InChI is InChI=1S/C20H18ClN7O/c21-15-6-2-1-5-14(15)13-23-17-8-9-18-25-26-19(28(18)27-17)10-11-20(29)24-16-7-3-4-12-22-16/h1-9,12H,10-11,13H2,(H,23,27)(H,22,24,29). The molecule has 1 amide bonds. The van der Waals surface area contributed by atoms with Crippen molar-refractivity contribution in [3.8, 4) is 0 Å². The summed E-state index contributed by atoms with van der Waals surface area (Å²) in [7, 11) is 0. The first-order chi connectivity index (χ1) is 14.2. The van der Waals surface area contributed by atoms with Crippen molar-refractivity contribution >= 4 is 34.8 Å². The second-order valence-electron chi connectivity index (χ2n) is 6.31. The highest BCUT2D eigenvalue weighted by molar-refractivity contribution is 6.31. The number of hydrogen-bond acceptors (Lipinski definition) is 6. The predicted octanol–water partition coefficient (Wildman–Crippen LogP) is 3.36. The van der Waals surface area contributed by atoms with Crippen LogP contribution in [-0.2, 0) is 17.8 Å². The van der Waals surface area contributed by atoms with Crippen LogP contribution in [0.15, 0.2) is 60.8 Å². The average molecular weight is 408 g/mol. The number of nitrogens with one attached hydrogen (secondary N) is 2. The quantitative estimate of drug-likeness (QED) is 0.487. The lowest BCUT2D eigenvalue weighted by molar-refractivity contribution is -0.116. The summed E-state index contributed by atoms with van der Waals surface area (Å²) in [6, 6.07) is 16.6. The number of carbonyl (C=O) groups excluding carboxylic acids is 1. The molecule has 0 bridgehead atoms. The number of fused-ring (bicyclic) bond motifs is 1. The summed E-state index contributed by atoms with van der Waals surface area (Å²) in [5.74, 6) is 1.65. The lowest BCUT2D eigenvalue weighted by Crippen LogP contribution is -2.14. The van der Waals surface area contributed by atoms with E-state index in [2.05, 4.69) is 30.9 Å². The third-order valence-electron chi connectivity index (χ3n) is 4.25. The van der Waals surface area contributed by atoms with Gasteiger partial charge in [0, 0.05) is 30.6 Å². The highest BCUT2D eigenvalue weighted by Gasteiger charge is 2.11. The Balaban J connectivity index is 1.41. The van der Waals surface area contributed by atoms with Crippen LogP contribution in [0.3, 0.4) is 0 Å². The zero-order valence-corrected chi connectivity index (χ0v) is 16.2. The van der Waals surface area contributed by atoms with Crippen molar-refractivity contribution in [2.45, 2.75) is 19.4 Å². The summed E-state index contributed by atoms with van der Waals surface area (Å²) in [6.45, 7) is 0.544. The lowest BCUT2D eigenvalue weighted by atomic mass is 10.2. The summed E-state index contributed by atoms with van der Waals surface area (Å²) < 4.78 is 1.64. The Bertz CT molecular complexity index is 1130. The van der Waals surface area contributed by atoms with Gasteiger partial charge in [-0.05, 0) is 35.9 Å². The summed E-state index contributed by atoms with van der Waals surface area (Å²) in [6.07, 6.45) is 2.28. The third-order valence-corrected chi connectivity index (χ3v) is 4.62. The van der Waals surface area contributed by atoms with Gasteiger partial charge in [-0.15, -0.1) is 15.3 Å². The van der Waals surface area contributed by atoms with Crippen molar-refractivity contribution in [3.63, 3.8) is 0 Å². The fourth-order valence-corrected chi connectivity index (χ4v) is 2.98. The van der Waals surface area contributed by atoms with Crippen molar-refractivity contribution in [1.82, 2.24) is 24.8 Å². The highest BCUT2D eigenvalue weighted by Crippen LogP contribution is 2.16. The minimum atomic E-state index is -0.145. The predicted molar refractivity (Wildman–Crippen MR) is 111 cm³/mol. The number of amides is 1. The van der Waals surface area contributed by atoms with E-state index in [0.29, 0.717) is 41.1 Å². The molecule has 0 unspecified atom stereocenters. The van der Waals surface area contributed by atoms with E-state index >= 15 is 0 Å². The van der Waals surface area contributed by atoms with E-state index in [-0.39, 0.29) is 12.3 Å². The monoisotopic (exact) mass is 407 g/mol. The molecule has 2 N–H and O–H groups in total. The molecule has 9 heteroatoms.